The molecule has 0 aliphatic carbocycles. The molecule has 0 unspecified atom stereocenters. The van der Waals surface area contributed by atoms with Crippen LogP contribution in [0.25, 0.3) is 0 Å². The van der Waals surface area contributed by atoms with E-state index < -0.39 is 17.7 Å². The largest absolute Gasteiger partial charge is 0.478 e. The minimum atomic E-state index is -1.21. The summed E-state index contributed by atoms with van der Waals surface area (Å²) in [5, 5.41) is 13.5. The van der Waals surface area contributed by atoms with Crippen molar-refractivity contribution in [2.45, 2.75) is 4.90 Å². The van der Waals surface area contributed by atoms with Gasteiger partial charge in [0.15, 0.2) is 0 Å². The van der Waals surface area contributed by atoms with E-state index in [1.807, 2.05) is 0 Å². The van der Waals surface area contributed by atoms with Gasteiger partial charge in [0.25, 0.3) is 0 Å². The molecule has 134 valence electrons. The van der Waals surface area contributed by atoms with Crippen molar-refractivity contribution < 1.29 is 23.9 Å². The predicted molar refractivity (Wildman–Crippen MR) is 97.6 cm³/mol. The number of carbonyl (C=O) groups excluding carboxylic acids is 2. The lowest BCUT2D eigenvalue weighted by Gasteiger charge is -2.07. The molecule has 0 fully saturated rings. The quantitative estimate of drug-likeness (QED) is 0.511. The molecule has 0 atom stereocenters. The number of benzene rings is 2. The number of hydrogen-bond acceptors (Lipinski definition) is 4. The third-order valence-electron chi connectivity index (χ3n) is 3.02. The molecule has 8 heteroatoms. The fraction of sp³-hybridized carbons (Fsp3) is 0.0556. The van der Waals surface area contributed by atoms with E-state index in [0.717, 1.165) is 17.0 Å². The number of carbonyl (C=O) groups is 3. The first-order valence-corrected chi connectivity index (χ1v) is 8.42. The zero-order valence-electron chi connectivity index (χ0n) is 13.4. The molecule has 2 aromatic rings. The van der Waals surface area contributed by atoms with Gasteiger partial charge in [-0.05, 0) is 36.4 Å². The average molecular weight is 374 g/mol. The Balaban J connectivity index is 1.83. The smallest absolute Gasteiger partial charge is 0.328 e. The highest BCUT2D eigenvalue weighted by Crippen LogP contribution is 2.21. The second-order valence-electron chi connectivity index (χ2n) is 5.00. The number of nitrogens with one attached hydrogen (secondary N) is 2. The second-order valence-corrected chi connectivity index (χ2v) is 6.05. The molecule has 2 amide bonds. The highest BCUT2D eigenvalue weighted by Gasteiger charge is 2.07. The van der Waals surface area contributed by atoms with Crippen LogP contribution in [0, 0.1) is 5.82 Å². The van der Waals surface area contributed by atoms with Gasteiger partial charge in [-0.2, -0.15) is 0 Å². The van der Waals surface area contributed by atoms with Gasteiger partial charge in [0, 0.05) is 22.7 Å². The zero-order valence-corrected chi connectivity index (χ0v) is 14.3. The van der Waals surface area contributed by atoms with E-state index in [2.05, 4.69) is 10.6 Å². The van der Waals surface area contributed by atoms with E-state index in [1.54, 1.807) is 30.3 Å². The van der Waals surface area contributed by atoms with Gasteiger partial charge in [0.1, 0.15) is 5.82 Å². The van der Waals surface area contributed by atoms with Crippen LogP contribution < -0.4 is 10.6 Å². The number of carboxylic acid groups (broad SMARTS) is 1. The van der Waals surface area contributed by atoms with Crippen LogP contribution in [0.2, 0.25) is 0 Å². The maximum absolute atomic E-state index is 13.5. The van der Waals surface area contributed by atoms with E-state index in [0.29, 0.717) is 5.69 Å². The Kier molecular flexibility index (Phi) is 6.92. The molecule has 2 aromatic carbocycles. The summed E-state index contributed by atoms with van der Waals surface area (Å²) in [5.41, 5.74) is 0.621. The Bertz CT molecular complexity index is 837. The number of thioether (sulfide) groups is 1. The number of aliphatic carboxylic acids is 1. The van der Waals surface area contributed by atoms with Crippen molar-refractivity contribution in [3.63, 3.8) is 0 Å². The first kappa shape index (κ1) is 19.2. The lowest BCUT2D eigenvalue weighted by molar-refractivity contribution is -0.131. The molecule has 3 N–H and O–H groups in total. The molecule has 0 spiro atoms. The summed E-state index contributed by atoms with van der Waals surface area (Å²) >= 11 is 1.26. The Morgan fingerprint density at radius 3 is 2.35 bits per heavy atom. The van der Waals surface area contributed by atoms with Crippen molar-refractivity contribution in [1.82, 2.24) is 0 Å². The van der Waals surface area contributed by atoms with Gasteiger partial charge in [-0.25, -0.2) is 9.18 Å². The SMILES string of the molecule is O=C(O)/C=C/C(=O)Nc1ccc(SCC(=O)Nc2ccccc2F)cc1. The van der Waals surface area contributed by atoms with Gasteiger partial charge in [-0.15, -0.1) is 11.8 Å². The molecule has 0 heterocycles. The van der Waals surface area contributed by atoms with Crippen molar-refractivity contribution in [2.75, 3.05) is 16.4 Å². The summed E-state index contributed by atoms with van der Waals surface area (Å²) in [5.74, 6) is -2.50. The predicted octanol–water partition coefficient (Wildman–Crippen LogP) is 3.14. The number of carboxylic acids is 1. The highest BCUT2D eigenvalue weighted by atomic mass is 32.2. The molecule has 0 aliphatic rings. The van der Waals surface area contributed by atoms with Crippen molar-refractivity contribution >= 4 is 40.9 Å². The van der Waals surface area contributed by atoms with E-state index in [4.69, 9.17) is 5.11 Å². The summed E-state index contributed by atoms with van der Waals surface area (Å²) in [6, 6.07) is 12.6. The minimum absolute atomic E-state index is 0.0986. The van der Waals surface area contributed by atoms with Gasteiger partial charge in [0.2, 0.25) is 11.8 Å². The molecule has 0 saturated carbocycles. The third kappa shape index (κ3) is 6.40. The maximum Gasteiger partial charge on any atom is 0.328 e. The first-order valence-electron chi connectivity index (χ1n) is 7.43. The monoisotopic (exact) mass is 374 g/mol. The molecule has 2 rings (SSSR count). The van der Waals surface area contributed by atoms with Gasteiger partial charge in [0.05, 0.1) is 11.4 Å². The number of rotatable bonds is 7. The van der Waals surface area contributed by atoms with Crippen molar-refractivity contribution in [2.24, 2.45) is 0 Å². The molecular weight excluding hydrogens is 359 g/mol. The standard InChI is InChI=1S/C18H15FN2O4S/c19-14-3-1-2-4-15(14)21-17(23)11-26-13-7-5-12(6-8-13)20-16(22)9-10-18(24)25/h1-10H,11H2,(H,20,22)(H,21,23)(H,24,25)/b10-9+. The molecule has 0 saturated heterocycles. The number of amides is 2. The summed E-state index contributed by atoms with van der Waals surface area (Å²) in [6.07, 6.45) is 1.66. The zero-order chi connectivity index (χ0) is 18.9. The third-order valence-corrected chi connectivity index (χ3v) is 4.03. The van der Waals surface area contributed by atoms with Crippen LogP contribution in [-0.4, -0.2) is 28.6 Å². The van der Waals surface area contributed by atoms with E-state index >= 15 is 0 Å². The van der Waals surface area contributed by atoms with Gasteiger partial charge >= 0.3 is 5.97 Å². The van der Waals surface area contributed by atoms with Crippen LogP contribution in [0.1, 0.15) is 0 Å². The number of halogens is 1. The van der Waals surface area contributed by atoms with Crippen LogP contribution in [-0.2, 0) is 14.4 Å². The average Bonchev–Trinajstić information content (AvgIpc) is 2.61. The van der Waals surface area contributed by atoms with Crippen LogP contribution >= 0.6 is 11.8 Å². The summed E-state index contributed by atoms with van der Waals surface area (Å²) in [6.45, 7) is 0. The number of hydrogen-bond donors (Lipinski definition) is 3. The topological polar surface area (TPSA) is 95.5 Å². The Morgan fingerprint density at radius 1 is 1.00 bits per heavy atom. The molecule has 0 bridgehead atoms. The van der Waals surface area contributed by atoms with Crippen LogP contribution in [0.15, 0.2) is 65.6 Å². The van der Waals surface area contributed by atoms with Crippen LogP contribution in [0.5, 0.6) is 0 Å². The fourth-order valence-corrected chi connectivity index (χ4v) is 2.56. The van der Waals surface area contributed by atoms with E-state index in [1.165, 1.54) is 30.0 Å². The molecule has 0 radical (unpaired) electrons. The first-order chi connectivity index (χ1) is 12.4. The lowest BCUT2D eigenvalue weighted by Crippen LogP contribution is -2.14. The van der Waals surface area contributed by atoms with Crippen LogP contribution in [0.4, 0.5) is 15.8 Å². The maximum atomic E-state index is 13.5. The van der Waals surface area contributed by atoms with Gasteiger partial charge in [-0.1, -0.05) is 12.1 Å². The van der Waals surface area contributed by atoms with E-state index in [9.17, 15) is 18.8 Å². The van der Waals surface area contributed by atoms with Crippen LogP contribution in [0.3, 0.4) is 0 Å². The highest BCUT2D eigenvalue weighted by molar-refractivity contribution is 8.00. The summed E-state index contributed by atoms with van der Waals surface area (Å²) < 4.78 is 13.5. The van der Waals surface area contributed by atoms with Gasteiger partial charge in [-0.3, -0.25) is 9.59 Å². The molecule has 0 aliphatic heterocycles. The normalized spacial score (nSPS) is 10.5. The van der Waals surface area contributed by atoms with Crippen molar-refractivity contribution in [3.05, 3.63) is 66.5 Å². The Hall–Kier alpha value is -3.13. The summed E-state index contributed by atoms with van der Waals surface area (Å²) in [7, 11) is 0. The molecular formula is C18H15FN2O4S. The fourth-order valence-electron chi connectivity index (χ4n) is 1.86. The number of para-hydroxylation sites is 1. The van der Waals surface area contributed by atoms with Gasteiger partial charge < -0.3 is 15.7 Å². The Labute approximate surface area is 153 Å². The summed E-state index contributed by atoms with van der Waals surface area (Å²) in [4.78, 5) is 34.5. The van der Waals surface area contributed by atoms with Crippen molar-refractivity contribution in [3.8, 4) is 0 Å². The number of anilines is 2. The molecule has 26 heavy (non-hydrogen) atoms. The molecule has 0 aromatic heterocycles. The van der Waals surface area contributed by atoms with E-state index in [-0.39, 0.29) is 17.3 Å². The van der Waals surface area contributed by atoms with Crippen molar-refractivity contribution in [1.29, 1.82) is 0 Å². The lowest BCUT2D eigenvalue weighted by atomic mass is 10.3. The second kappa shape index (κ2) is 9.38. The molecule has 6 nitrogen and oxygen atoms in total. The minimum Gasteiger partial charge on any atom is -0.478 e. The Morgan fingerprint density at radius 2 is 1.69 bits per heavy atom.